The van der Waals surface area contributed by atoms with Crippen molar-refractivity contribution in [3.63, 3.8) is 0 Å². The van der Waals surface area contributed by atoms with Gasteiger partial charge in [0.1, 0.15) is 6.04 Å². The molecule has 1 atom stereocenters. The number of guanidine groups is 1. The van der Waals surface area contributed by atoms with Crippen molar-refractivity contribution < 1.29 is 9.59 Å². The zero-order chi connectivity index (χ0) is 37.3. The van der Waals surface area contributed by atoms with Crippen LogP contribution in [-0.4, -0.2) is 44.3 Å². The summed E-state index contributed by atoms with van der Waals surface area (Å²) in [4.78, 5) is 61.9. The number of anilines is 1. The molecule has 268 valence electrons. The highest BCUT2D eigenvalue weighted by Gasteiger charge is 2.35. The Morgan fingerprint density at radius 3 is 1.60 bits per heavy atom. The fourth-order valence-electron chi connectivity index (χ4n) is 6.45. The standard InChI is InChI=1S/C41H40N8O4/c42-37(50)35(25-14-26-45-39(43)44)47(38(51)36(30-16-5-1-6-17-30)31-18-7-2-8-19-31)34-24-13-15-29(27-34)28-46-40(52)48(32-20-9-3-10-21-32)49(41(46)53)33-22-11-4-12-23-33/h1-13,15-24,27,35-36H,14,25-26,28H2,(H2,42,50)(H4,43,44,45)/t35-/m1/s1. The molecule has 0 aliphatic carbocycles. The van der Waals surface area contributed by atoms with Crippen LogP contribution in [0.25, 0.3) is 11.4 Å². The highest BCUT2D eigenvalue weighted by molar-refractivity contribution is 6.05. The quantitative estimate of drug-likeness (QED) is 0.0878. The molecule has 1 heterocycles. The maximum absolute atomic E-state index is 15.0. The van der Waals surface area contributed by atoms with Gasteiger partial charge < -0.3 is 17.2 Å². The minimum Gasteiger partial charge on any atom is -0.370 e. The van der Waals surface area contributed by atoms with Crippen LogP contribution in [0.1, 0.15) is 35.4 Å². The summed E-state index contributed by atoms with van der Waals surface area (Å²) in [6.45, 7) is 0.108. The van der Waals surface area contributed by atoms with Crippen LogP contribution >= 0.6 is 0 Å². The minimum absolute atomic E-state index is 0.0860. The summed E-state index contributed by atoms with van der Waals surface area (Å²) in [5, 5.41) is 0. The van der Waals surface area contributed by atoms with Gasteiger partial charge in [0.25, 0.3) is 0 Å². The second-order valence-corrected chi connectivity index (χ2v) is 12.4. The van der Waals surface area contributed by atoms with E-state index in [1.54, 1.807) is 72.8 Å². The minimum atomic E-state index is -1.08. The number of nitrogens with two attached hydrogens (primary N) is 3. The van der Waals surface area contributed by atoms with Crippen molar-refractivity contribution in [1.82, 2.24) is 13.9 Å². The van der Waals surface area contributed by atoms with Crippen molar-refractivity contribution in [2.45, 2.75) is 31.3 Å². The smallest absolute Gasteiger partial charge is 0.352 e. The van der Waals surface area contributed by atoms with Crippen LogP contribution in [0.15, 0.2) is 160 Å². The van der Waals surface area contributed by atoms with Gasteiger partial charge in [-0.05, 0) is 65.9 Å². The molecule has 6 N–H and O–H groups in total. The summed E-state index contributed by atoms with van der Waals surface area (Å²) in [7, 11) is 0. The zero-order valence-electron chi connectivity index (χ0n) is 28.9. The van der Waals surface area contributed by atoms with Gasteiger partial charge in [-0.1, -0.05) is 109 Å². The van der Waals surface area contributed by atoms with Gasteiger partial charge in [-0.2, -0.15) is 9.36 Å². The molecule has 12 heteroatoms. The van der Waals surface area contributed by atoms with Gasteiger partial charge in [0.2, 0.25) is 11.8 Å². The van der Waals surface area contributed by atoms with E-state index in [0.717, 1.165) is 15.7 Å². The van der Waals surface area contributed by atoms with E-state index in [-0.39, 0.29) is 31.4 Å². The molecule has 0 aliphatic heterocycles. The second kappa shape index (κ2) is 16.4. The van der Waals surface area contributed by atoms with Crippen molar-refractivity contribution >= 4 is 23.5 Å². The molecule has 0 unspecified atom stereocenters. The van der Waals surface area contributed by atoms with E-state index in [0.29, 0.717) is 29.0 Å². The maximum Gasteiger partial charge on any atom is 0.352 e. The Morgan fingerprint density at radius 1 is 0.642 bits per heavy atom. The number of carbonyl (C=O) groups excluding carboxylic acids is 2. The fraction of sp³-hybridized carbons (Fsp3) is 0.146. The first kappa shape index (κ1) is 35.9. The van der Waals surface area contributed by atoms with Gasteiger partial charge in [0.05, 0.1) is 23.8 Å². The number of aromatic nitrogens is 3. The summed E-state index contributed by atoms with van der Waals surface area (Å²) < 4.78 is 3.81. The summed E-state index contributed by atoms with van der Waals surface area (Å²) in [5.41, 5.74) is 19.4. The summed E-state index contributed by atoms with van der Waals surface area (Å²) in [5.74, 6) is -1.97. The Balaban J connectivity index is 1.46. The largest absolute Gasteiger partial charge is 0.370 e. The van der Waals surface area contributed by atoms with Gasteiger partial charge in [0, 0.05) is 12.2 Å². The average Bonchev–Trinajstić information content (AvgIpc) is 3.42. The monoisotopic (exact) mass is 708 g/mol. The number of hydrogen-bond donors (Lipinski definition) is 3. The zero-order valence-corrected chi connectivity index (χ0v) is 28.9. The van der Waals surface area contributed by atoms with E-state index in [2.05, 4.69) is 4.99 Å². The molecule has 1 aromatic heterocycles. The van der Waals surface area contributed by atoms with E-state index in [1.165, 1.54) is 14.3 Å². The van der Waals surface area contributed by atoms with E-state index in [4.69, 9.17) is 17.2 Å². The highest BCUT2D eigenvalue weighted by Crippen LogP contribution is 2.32. The fourth-order valence-corrected chi connectivity index (χ4v) is 6.45. The number of rotatable bonds is 14. The molecule has 0 aliphatic rings. The van der Waals surface area contributed by atoms with E-state index >= 15 is 4.79 Å². The molecule has 0 spiro atoms. The number of hydrogen-bond acceptors (Lipinski definition) is 5. The molecule has 5 aromatic carbocycles. The molecule has 53 heavy (non-hydrogen) atoms. The number of aliphatic imine (C=N–C) groups is 1. The Hall–Kier alpha value is -6.95. The lowest BCUT2D eigenvalue weighted by Crippen LogP contribution is -2.50. The van der Waals surface area contributed by atoms with Crippen LogP contribution in [0.3, 0.4) is 0 Å². The topological polar surface area (TPSA) is 177 Å². The van der Waals surface area contributed by atoms with Crippen molar-refractivity contribution in [3.05, 3.63) is 183 Å². The number of para-hydroxylation sites is 2. The molecule has 12 nitrogen and oxygen atoms in total. The molecule has 0 bridgehead atoms. The molecule has 0 saturated heterocycles. The molecule has 0 saturated carbocycles. The molecule has 6 rings (SSSR count). The third-order valence-electron chi connectivity index (χ3n) is 8.88. The predicted molar refractivity (Wildman–Crippen MR) is 206 cm³/mol. The number of primary amides is 1. The molecule has 0 radical (unpaired) electrons. The molecular weight excluding hydrogens is 669 g/mol. The van der Waals surface area contributed by atoms with Crippen LogP contribution in [0.2, 0.25) is 0 Å². The molecule has 6 aromatic rings. The first-order valence-corrected chi connectivity index (χ1v) is 17.2. The first-order chi connectivity index (χ1) is 25.7. The average molecular weight is 709 g/mol. The van der Waals surface area contributed by atoms with Gasteiger partial charge in [0.15, 0.2) is 5.96 Å². The lowest BCUT2D eigenvalue weighted by molar-refractivity contribution is -0.125. The van der Waals surface area contributed by atoms with Crippen molar-refractivity contribution in [2.24, 2.45) is 22.2 Å². The predicted octanol–water partition coefficient (Wildman–Crippen LogP) is 3.91. The van der Waals surface area contributed by atoms with Crippen molar-refractivity contribution in [2.75, 3.05) is 11.4 Å². The van der Waals surface area contributed by atoms with Crippen LogP contribution in [0.4, 0.5) is 5.69 Å². The molecule has 0 fully saturated rings. The highest BCUT2D eigenvalue weighted by atomic mass is 16.2. The van der Waals surface area contributed by atoms with Gasteiger partial charge in [-0.25, -0.2) is 14.2 Å². The van der Waals surface area contributed by atoms with Gasteiger partial charge in [-0.15, -0.1) is 0 Å². The summed E-state index contributed by atoms with van der Waals surface area (Å²) in [6, 6.07) is 42.2. The van der Waals surface area contributed by atoms with Crippen LogP contribution in [0, 0.1) is 0 Å². The van der Waals surface area contributed by atoms with E-state index in [9.17, 15) is 14.4 Å². The van der Waals surface area contributed by atoms with E-state index in [1.807, 2.05) is 72.8 Å². The lowest BCUT2D eigenvalue weighted by Gasteiger charge is -2.33. The van der Waals surface area contributed by atoms with Crippen molar-refractivity contribution in [1.29, 1.82) is 0 Å². The SMILES string of the molecule is NC(=O)[C@@H](CCCN=C(N)N)N(C(=O)C(c1ccccc1)c1ccccc1)c1cccc(Cn2c(=O)n(-c3ccccc3)n(-c3ccccc3)c2=O)c1. The Morgan fingerprint density at radius 2 is 1.13 bits per heavy atom. The normalized spacial score (nSPS) is 11.6. The summed E-state index contributed by atoms with van der Waals surface area (Å²) in [6.07, 6.45) is 0.525. The number of carbonyl (C=O) groups is 2. The number of amides is 2. The third kappa shape index (κ3) is 8.02. The van der Waals surface area contributed by atoms with Crippen molar-refractivity contribution in [3.8, 4) is 11.4 Å². The summed E-state index contributed by atoms with van der Waals surface area (Å²) >= 11 is 0. The Kier molecular flexibility index (Phi) is 11.1. The van der Waals surface area contributed by atoms with Gasteiger partial charge in [-0.3, -0.25) is 19.5 Å². The Labute approximate surface area is 306 Å². The maximum atomic E-state index is 15.0. The third-order valence-corrected chi connectivity index (χ3v) is 8.88. The number of benzene rings is 5. The van der Waals surface area contributed by atoms with Gasteiger partial charge >= 0.3 is 11.4 Å². The van der Waals surface area contributed by atoms with Crippen LogP contribution < -0.4 is 33.5 Å². The Bertz CT molecular complexity index is 2200. The molecular formula is C41H40N8O4. The van der Waals surface area contributed by atoms with E-state index < -0.39 is 29.2 Å². The number of nitrogens with zero attached hydrogens (tertiary/aromatic N) is 5. The van der Waals surface area contributed by atoms with Crippen LogP contribution in [-0.2, 0) is 16.1 Å². The first-order valence-electron chi connectivity index (χ1n) is 17.2. The lowest BCUT2D eigenvalue weighted by atomic mass is 9.89. The second-order valence-electron chi connectivity index (χ2n) is 12.4. The van der Waals surface area contributed by atoms with Crippen LogP contribution in [0.5, 0.6) is 0 Å². The molecule has 2 amide bonds.